The molecule has 0 spiro atoms. The minimum Gasteiger partial charge on any atom is -0.494 e. The highest BCUT2D eigenvalue weighted by molar-refractivity contribution is 5.96. The molecule has 0 heterocycles. The van der Waals surface area contributed by atoms with Crippen molar-refractivity contribution in [1.29, 1.82) is 0 Å². The van der Waals surface area contributed by atoms with E-state index < -0.39 is 24.4 Å². The molecular formula is C21H24N2O5. The van der Waals surface area contributed by atoms with E-state index in [4.69, 9.17) is 9.47 Å². The second-order valence-corrected chi connectivity index (χ2v) is 6.10. The number of carbonyl (C=O) groups is 3. The number of benzene rings is 2. The molecule has 0 aliphatic heterocycles. The van der Waals surface area contributed by atoms with Crippen molar-refractivity contribution in [3.63, 3.8) is 0 Å². The van der Waals surface area contributed by atoms with Gasteiger partial charge in [-0.05, 0) is 62.2 Å². The van der Waals surface area contributed by atoms with Crippen LogP contribution < -0.4 is 15.4 Å². The zero-order valence-electron chi connectivity index (χ0n) is 16.2. The van der Waals surface area contributed by atoms with Crippen LogP contribution in [0.2, 0.25) is 0 Å². The van der Waals surface area contributed by atoms with E-state index in [0.717, 1.165) is 11.1 Å². The van der Waals surface area contributed by atoms with E-state index in [-0.39, 0.29) is 6.54 Å². The summed E-state index contributed by atoms with van der Waals surface area (Å²) in [5.74, 6) is -0.900. The molecule has 0 bridgehead atoms. The summed E-state index contributed by atoms with van der Waals surface area (Å²) in [6.45, 7) is 5.49. The number of hydrogen-bond acceptors (Lipinski definition) is 5. The van der Waals surface area contributed by atoms with Crippen LogP contribution in [0.5, 0.6) is 5.75 Å². The molecule has 0 saturated heterocycles. The van der Waals surface area contributed by atoms with Gasteiger partial charge in [0.2, 0.25) is 0 Å². The Bertz CT molecular complexity index is 846. The van der Waals surface area contributed by atoms with Gasteiger partial charge < -0.3 is 20.1 Å². The highest BCUT2D eigenvalue weighted by Gasteiger charge is 2.12. The van der Waals surface area contributed by atoms with Gasteiger partial charge in [0.25, 0.3) is 11.8 Å². The third kappa shape index (κ3) is 6.12. The summed E-state index contributed by atoms with van der Waals surface area (Å²) in [6, 6.07) is 12.1. The molecule has 0 atom stereocenters. The zero-order valence-corrected chi connectivity index (χ0v) is 16.2. The molecule has 0 aliphatic rings. The Morgan fingerprint density at radius 3 is 2.39 bits per heavy atom. The van der Waals surface area contributed by atoms with E-state index >= 15 is 0 Å². The van der Waals surface area contributed by atoms with Crippen LogP contribution in [0.15, 0.2) is 42.5 Å². The molecule has 0 unspecified atom stereocenters. The number of nitrogens with one attached hydrogen (secondary N) is 2. The number of hydrogen-bond donors (Lipinski definition) is 2. The van der Waals surface area contributed by atoms with Crippen molar-refractivity contribution in [1.82, 2.24) is 5.32 Å². The largest absolute Gasteiger partial charge is 0.494 e. The van der Waals surface area contributed by atoms with Crippen LogP contribution in [0.1, 0.15) is 28.4 Å². The van der Waals surface area contributed by atoms with E-state index in [9.17, 15) is 14.4 Å². The third-order valence-electron chi connectivity index (χ3n) is 4.06. The molecule has 7 heteroatoms. The number of anilines is 1. The van der Waals surface area contributed by atoms with E-state index in [2.05, 4.69) is 10.6 Å². The quantitative estimate of drug-likeness (QED) is 0.683. The van der Waals surface area contributed by atoms with Crippen molar-refractivity contribution in [2.24, 2.45) is 0 Å². The molecule has 148 valence electrons. The first kappa shape index (κ1) is 21.0. The fraction of sp³-hybridized carbons (Fsp3) is 0.286. The lowest BCUT2D eigenvalue weighted by molar-refractivity contribution is -0.146. The lowest BCUT2D eigenvalue weighted by atomic mass is 10.1. The second kappa shape index (κ2) is 10.1. The van der Waals surface area contributed by atoms with E-state index in [0.29, 0.717) is 23.6 Å². The molecule has 0 aromatic heterocycles. The Hall–Kier alpha value is -3.35. The van der Waals surface area contributed by atoms with Gasteiger partial charge in [0.15, 0.2) is 6.61 Å². The minimum atomic E-state index is -0.699. The highest BCUT2D eigenvalue weighted by atomic mass is 16.5. The average Bonchev–Trinajstić information content (AvgIpc) is 2.69. The average molecular weight is 384 g/mol. The molecule has 2 N–H and O–H groups in total. The van der Waals surface area contributed by atoms with Crippen molar-refractivity contribution >= 4 is 23.5 Å². The van der Waals surface area contributed by atoms with Gasteiger partial charge in [0, 0.05) is 11.3 Å². The number of ether oxygens (including phenoxy) is 2. The monoisotopic (exact) mass is 384 g/mol. The van der Waals surface area contributed by atoms with Crippen molar-refractivity contribution in [3.8, 4) is 5.75 Å². The number of carbonyl (C=O) groups excluding carboxylic acids is 3. The summed E-state index contributed by atoms with van der Waals surface area (Å²) in [5.41, 5.74) is 3.06. The summed E-state index contributed by atoms with van der Waals surface area (Å²) in [6.07, 6.45) is 0. The number of amides is 2. The lowest BCUT2D eigenvalue weighted by Gasteiger charge is -2.11. The molecule has 2 aromatic rings. The Kier molecular flexibility index (Phi) is 7.56. The molecule has 2 amide bonds. The molecule has 0 radical (unpaired) electrons. The second-order valence-electron chi connectivity index (χ2n) is 6.10. The molecule has 2 aromatic carbocycles. The fourth-order valence-corrected chi connectivity index (χ4v) is 2.39. The first-order valence-electron chi connectivity index (χ1n) is 8.93. The van der Waals surface area contributed by atoms with Gasteiger partial charge in [-0.25, -0.2) is 0 Å². The zero-order chi connectivity index (χ0) is 20.5. The number of rotatable bonds is 8. The molecule has 0 saturated carbocycles. The maximum atomic E-state index is 12.0. The Balaban J connectivity index is 1.75. The maximum Gasteiger partial charge on any atom is 0.325 e. The summed E-state index contributed by atoms with van der Waals surface area (Å²) in [5, 5.41) is 5.15. The van der Waals surface area contributed by atoms with Crippen LogP contribution in [0.4, 0.5) is 5.69 Å². The van der Waals surface area contributed by atoms with Crippen molar-refractivity contribution in [3.05, 3.63) is 59.2 Å². The summed E-state index contributed by atoms with van der Waals surface area (Å²) in [7, 11) is 0. The Morgan fingerprint density at radius 2 is 1.71 bits per heavy atom. The fourth-order valence-electron chi connectivity index (χ4n) is 2.39. The van der Waals surface area contributed by atoms with Gasteiger partial charge in [0.1, 0.15) is 12.3 Å². The van der Waals surface area contributed by atoms with Gasteiger partial charge in [0.05, 0.1) is 6.61 Å². The normalized spacial score (nSPS) is 10.1. The van der Waals surface area contributed by atoms with Crippen LogP contribution in [-0.4, -0.2) is 37.5 Å². The van der Waals surface area contributed by atoms with Gasteiger partial charge in [-0.3, -0.25) is 14.4 Å². The minimum absolute atomic E-state index is 0.331. The SMILES string of the molecule is CCOc1ccc(C(=O)NCC(=O)OCC(=O)Nc2cccc(C)c2C)cc1. The van der Waals surface area contributed by atoms with Gasteiger partial charge in [-0.2, -0.15) is 0 Å². The predicted octanol–water partition coefficient (Wildman–Crippen LogP) is 2.61. The van der Waals surface area contributed by atoms with E-state index in [1.54, 1.807) is 30.3 Å². The summed E-state index contributed by atoms with van der Waals surface area (Å²) in [4.78, 5) is 35.7. The smallest absolute Gasteiger partial charge is 0.325 e. The Labute approximate surface area is 164 Å². The van der Waals surface area contributed by atoms with Gasteiger partial charge >= 0.3 is 5.97 Å². The lowest BCUT2D eigenvalue weighted by Crippen LogP contribution is -2.32. The van der Waals surface area contributed by atoms with Crippen molar-refractivity contribution in [2.45, 2.75) is 20.8 Å². The predicted molar refractivity (Wildman–Crippen MR) is 105 cm³/mol. The summed E-state index contributed by atoms with van der Waals surface area (Å²) < 4.78 is 10.2. The first-order chi connectivity index (χ1) is 13.4. The van der Waals surface area contributed by atoms with Crippen LogP contribution in [0, 0.1) is 13.8 Å². The van der Waals surface area contributed by atoms with Gasteiger partial charge in [-0.15, -0.1) is 0 Å². The van der Waals surface area contributed by atoms with Crippen LogP contribution in [0.25, 0.3) is 0 Å². The standard InChI is InChI=1S/C21H24N2O5/c1-4-27-17-10-8-16(9-11-17)21(26)22-12-20(25)28-13-19(24)23-18-7-5-6-14(2)15(18)3/h5-11H,4,12-13H2,1-3H3,(H,22,26)(H,23,24). The van der Waals surface area contributed by atoms with Crippen LogP contribution in [0.3, 0.4) is 0 Å². The van der Waals surface area contributed by atoms with Crippen LogP contribution in [-0.2, 0) is 14.3 Å². The topological polar surface area (TPSA) is 93.7 Å². The number of esters is 1. The molecule has 2 rings (SSSR count). The van der Waals surface area contributed by atoms with Crippen LogP contribution >= 0.6 is 0 Å². The number of aryl methyl sites for hydroxylation is 1. The van der Waals surface area contributed by atoms with Crippen molar-refractivity contribution in [2.75, 3.05) is 25.1 Å². The highest BCUT2D eigenvalue weighted by Crippen LogP contribution is 2.17. The summed E-state index contributed by atoms with van der Waals surface area (Å²) >= 11 is 0. The maximum absolute atomic E-state index is 12.0. The van der Waals surface area contributed by atoms with E-state index in [1.807, 2.05) is 32.9 Å². The Morgan fingerprint density at radius 1 is 1.00 bits per heavy atom. The molecular weight excluding hydrogens is 360 g/mol. The van der Waals surface area contributed by atoms with Gasteiger partial charge in [-0.1, -0.05) is 12.1 Å². The third-order valence-corrected chi connectivity index (χ3v) is 4.06. The van der Waals surface area contributed by atoms with Crippen molar-refractivity contribution < 1.29 is 23.9 Å². The molecule has 28 heavy (non-hydrogen) atoms. The molecule has 0 aliphatic carbocycles. The first-order valence-corrected chi connectivity index (χ1v) is 8.93. The molecule has 0 fully saturated rings. The molecule has 7 nitrogen and oxygen atoms in total. The van der Waals surface area contributed by atoms with E-state index in [1.165, 1.54) is 0 Å².